The van der Waals surface area contributed by atoms with E-state index < -0.39 is 28.5 Å². The van der Waals surface area contributed by atoms with Crippen LogP contribution in [0.3, 0.4) is 0 Å². The zero-order chi connectivity index (χ0) is 33.3. The molecule has 242 valence electrons. The first-order valence-electron chi connectivity index (χ1n) is 14.8. The molecule has 0 aromatic heterocycles. The van der Waals surface area contributed by atoms with E-state index in [1.165, 1.54) is 35.2 Å². The fraction of sp³-hybridized carbons (Fsp3) is 0.257. The van der Waals surface area contributed by atoms with Gasteiger partial charge in [-0.3, -0.25) is 13.9 Å². The number of sulfonamides is 1. The van der Waals surface area contributed by atoms with Gasteiger partial charge in [-0.15, -0.1) is 0 Å². The van der Waals surface area contributed by atoms with Crippen molar-refractivity contribution in [1.29, 1.82) is 0 Å². The van der Waals surface area contributed by atoms with Crippen LogP contribution in [0.1, 0.15) is 25.0 Å². The van der Waals surface area contributed by atoms with Crippen molar-refractivity contribution in [2.45, 2.75) is 37.8 Å². The number of methoxy groups -OCH3 is 1. The first-order valence-corrected chi connectivity index (χ1v) is 17.0. The molecule has 0 heterocycles. The van der Waals surface area contributed by atoms with E-state index in [9.17, 15) is 18.0 Å². The Hall–Kier alpha value is -4.05. The third-order valence-corrected chi connectivity index (χ3v) is 9.41. The van der Waals surface area contributed by atoms with Gasteiger partial charge in [-0.05, 0) is 59.5 Å². The Kier molecular flexibility index (Phi) is 12.1. The molecule has 0 spiro atoms. The molecule has 46 heavy (non-hydrogen) atoms. The molecule has 4 aromatic rings. The Morgan fingerprint density at radius 3 is 2.04 bits per heavy atom. The predicted molar refractivity (Wildman–Crippen MR) is 183 cm³/mol. The number of ether oxygens (including phenoxy) is 1. The van der Waals surface area contributed by atoms with Gasteiger partial charge in [0.05, 0.1) is 17.7 Å². The molecule has 2 amide bonds. The van der Waals surface area contributed by atoms with Gasteiger partial charge >= 0.3 is 0 Å². The molecular weight excluding hydrogens is 645 g/mol. The zero-order valence-corrected chi connectivity index (χ0v) is 28.2. The summed E-state index contributed by atoms with van der Waals surface area (Å²) in [6.07, 6.45) is 0.203. The highest BCUT2D eigenvalue weighted by molar-refractivity contribution is 7.92. The van der Waals surface area contributed by atoms with Crippen molar-refractivity contribution in [2.24, 2.45) is 5.92 Å². The highest BCUT2D eigenvalue weighted by atomic mass is 35.5. The van der Waals surface area contributed by atoms with Crippen LogP contribution >= 0.6 is 23.2 Å². The maximum Gasteiger partial charge on any atom is 0.264 e. The lowest BCUT2D eigenvalue weighted by Crippen LogP contribution is -2.53. The summed E-state index contributed by atoms with van der Waals surface area (Å²) in [6, 6.07) is 27.7. The largest absolute Gasteiger partial charge is 0.497 e. The molecule has 11 heteroatoms. The SMILES string of the molecule is COc1cccc(CN(C(=O)CN(c2cc(Cl)cc(Cl)c2)S(=O)(=O)c2ccccc2)[C@@H](Cc2ccccc2)C(=O)NCC(C)C)c1. The van der Waals surface area contributed by atoms with Crippen LogP contribution in [-0.4, -0.2) is 51.4 Å². The second-order valence-corrected chi connectivity index (χ2v) is 13.9. The lowest BCUT2D eigenvalue weighted by molar-refractivity contribution is -0.140. The lowest BCUT2D eigenvalue weighted by atomic mass is 10.0. The number of amides is 2. The van der Waals surface area contributed by atoms with Gasteiger partial charge in [-0.1, -0.05) is 97.7 Å². The quantitative estimate of drug-likeness (QED) is 0.162. The number of nitrogens with zero attached hydrogens (tertiary/aromatic N) is 2. The second-order valence-electron chi connectivity index (χ2n) is 11.2. The van der Waals surface area contributed by atoms with Gasteiger partial charge in [0.25, 0.3) is 10.0 Å². The van der Waals surface area contributed by atoms with Crippen LogP contribution in [-0.2, 0) is 32.6 Å². The van der Waals surface area contributed by atoms with Crippen LogP contribution in [0.2, 0.25) is 10.0 Å². The molecule has 0 radical (unpaired) electrons. The highest BCUT2D eigenvalue weighted by Gasteiger charge is 2.35. The summed E-state index contributed by atoms with van der Waals surface area (Å²) in [6.45, 7) is 3.75. The number of hydrogen-bond acceptors (Lipinski definition) is 5. The van der Waals surface area contributed by atoms with Gasteiger partial charge in [0.2, 0.25) is 11.8 Å². The number of anilines is 1. The van der Waals surface area contributed by atoms with Crippen LogP contribution < -0.4 is 14.4 Å². The molecule has 1 atom stereocenters. The summed E-state index contributed by atoms with van der Waals surface area (Å²) in [5, 5.41) is 3.38. The first kappa shape index (κ1) is 34.8. The number of carbonyl (C=O) groups is 2. The van der Waals surface area contributed by atoms with Crippen LogP contribution in [0.25, 0.3) is 0 Å². The molecule has 1 N–H and O–H groups in total. The fourth-order valence-corrected chi connectivity index (χ4v) is 6.81. The summed E-state index contributed by atoms with van der Waals surface area (Å²) in [7, 11) is -2.73. The van der Waals surface area contributed by atoms with E-state index in [2.05, 4.69) is 5.32 Å². The number of carbonyl (C=O) groups excluding carboxylic acids is 2. The van der Waals surface area contributed by atoms with Crippen LogP contribution in [0.4, 0.5) is 5.69 Å². The van der Waals surface area contributed by atoms with Crippen molar-refractivity contribution >= 4 is 50.7 Å². The average Bonchev–Trinajstić information content (AvgIpc) is 3.04. The Bertz CT molecular complexity index is 1720. The molecule has 8 nitrogen and oxygen atoms in total. The van der Waals surface area contributed by atoms with E-state index in [4.69, 9.17) is 27.9 Å². The molecule has 0 saturated carbocycles. The van der Waals surface area contributed by atoms with Gasteiger partial charge in [-0.2, -0.15) is 0 Å². The third kappa shape index (κ3) is 9.25. The Balaban J connectivity index is 1.82. The highest BCUT2D eigenvalue weighted by Crippen LogP contribution is 2.30. The molecule has 0 fully saturated rings. The molecule has 0 aliphatic rings. The van der Waals surface area contributed by atoms with Crippen molar-refractivity contribution < 1.29 is 22.7 Å². The van der Waals surface area contributed by atoms with E-state index >= 15 is 0 Å². The number of benzene rings is 4. The Labute approximate surface area is 280 Å². The van der Waals surface area contributed by atoms with Crippen molar-refractivity contribution in [3.05, 3.63) is 124 Å². The average molecular weight is 683 g/mol. The number of nitrogens with one attached hydrogen (secondary N) is 1. The summed E-state index contributed by atoms with van der Waals surface area (Å²) in [5.74, 6) is -0.199. The van der Waals surface area contributed by atoms with E-state index in [1.54, 1.807) is 43.5 Å². The van der Waals surface area contributed by atoms with Gasteiger partial charge in [-0.25, -0.2) is 8.42 Å². The van der Waals surface area contributed by atoms with Gasteiger partial charge in [0.15, 0.2) is 0 Å². The molecule has 4 rings (SSSR count). The minimum absolute atomic E-state index is 0.0121. The van der Waals surface area contributed by atoms with Crippen molar-refractivity contribution in [1.82, 2.24) is 10.2 Å². The van der Waals surface area contributed by atoms with Crippen LogP contribution in [0.15, 0.2) is 108 Å². The van der Waals surface area contributed by atoms with Gasteiger partial charge < -0.3 is 15.0 Å². The normalized spacial score (nSPS) is 12.0. The number of hydrogen-bond donors (Lipinski definition) is 1. The van der Waals surface area contributed by atoms with E-state index in [1.807, 2.05) is 50.2 Å². The topological polar surface area (TPSA) is 96.0 Å². The minimum atomic E-state index is -4.28. The summed E-state index contributed by atoms with van der Waals surface area (Å²) >= 11 is 12.6. The first-order chi connectivity index (χ1) is 22.0. The third-order valence-electron chi connectivity index (χ3n) is 7.19. The summed E-state index contributed by atoms with van der Waals surface area (Å²) < 4.78 is 34.6. The predicted octanol–water partition coefficient (Wildman–Crippen LogP) is 6.61. The van der Waals surface area contributed by atoms with Crippen molar-refractivity contribution in [2.75, 3.05) is 24.5 Å². The smallest absolute Gasteiger partial charge is 0.264 e. The zero-order valence-electron chi connectivity index (χ0n) is 25.9. The van der Waals surface area contributed by atoms with E-state index in [-0.39, 0.29) is 45.4 Å². The fourth-order valence-electron chi connectivity index (χ4n) is 4.88. The van der Waals surface area contributed by atoms with Crippen molar-refractivity contribution in [3.63, 3.8) is 0 Å². The number of rotatable bonds is 14. The Morgan fingerprint density at radius 1 is 0.826 bits per heavy atom. The van der Waals surface area contributed by atoms with E-state index in [0.717, 1.165) is 9.87 Å². The molecular formula is C35H37Cl2N3O5S. The van der Waals surface area contributed by atoms with Gasteiger partial charge in [0, 0.05) is 29.6 Å². The van der Waals surface area contributed by atoms with Crippen LogP contribution in [0.5, 0.6) is 5.75 Å². The molecule has 4 aromatic carbocycles. The lowest BCUT2D eigenvalue weighted by Gasteiger charge is -2.34. The molecule has 0 aliphatic carbocycles. The molecule has 0 unspecified atom stereocenters. The molecule has 0 aliphatic heterocycles. The van der Waals surface area contributed by atoms with Crippen molar-refractivity contribution in [3.8, 4) is 5.75 Å². The standard InChI is InChI=1S/C35H37Cl2N3O5S/c1-25(2)22-38-35(42)33(18-26-11-6-4-7-12-26)39(23-27-13-10-14-31(17-27)45-3)34(41)24-40(30-20-28(36)19-29(37)21-30)46(43,44)32-15-8-5-9-16-32/h4-17,19-21,25,33H,18,22-24H2,1-3H3,(H,38,42)/t33-/m0/s1. The molecule has 0 saturated heterocycles. The number of halogens is 2. The monoisotopic (exact) mass is 681 g/mol. The summed E-state index contributed by atoms with van der Waals surface area (Å²) in [4.78, 5) is 29.8. The molecule has 0 bridgehead atoms. The second kappa shape index (κ2) is 16.0. The van der Waals surface area contributed by atoms with Gasteiger partial charge in [0.1, 0.15) is 18.3 Å². The Morgan fingerprint density at radius 2 is 1.43 bits per heavy atom. The maximum absolute atomic E-state index is 14.6. The van der Waals surface area contributed by atoms with Crippen LogP contribution in [0, 0.1) is 5.92 Å². The minimum Gasteiger partial charge on any atom is -0.497 e. The summed E-state index contributed by atoms with van der Waals surface area (Å²) in [5.41, 5.74) is 1.65. The maximum atomic E-state index is 14.6. The van der Waals surface area contributed by atoms with E-state index in [0.29, 0.717) is 17.9 Å².